The number of aromatic nitrogens is 2. The first kappa shape index (κ1) is 15.7. The van der Waals surface area contributed by atoms with Crippen molar-refractivity contribution in [1.29, 1.82) is 0 Å². The van der Waals surface area contributed by atoms with Gasteiger partial charge < -0.3 is 15.4 Å². The summed E-state index contributed by atoms with van der Waals surface area (Å²) < 4.78 is 5.26. The third kappa shape index (κ3) is 5.00. The van der Waals surface area contributed by atoms with E-state index in [1.807, 2.05) is 20.8 Å². The Kier molecular flexibility index (Phi) is 5.98. The van der Waals surface area contributed by atoms with E-state index in [1.165, 1.54) is 0 Å². The first-order valence-electron chi connectivity index (χ1n) is 6.10. The van der Waals surface area contributed by atoms with E-state index in [0.717, 1.165) is 0 Å². The Balaban J connectivity index is 3.01. The minimum absolute atomic E-state index is 0.0680. The van der Waals surface area contributed by atoms with Gasteiger partial charge in [-0.2, -0.15) is 0 Å². The van der Waals surface area contributed by atoms with Gasteiger partial charge in [0.1, 0.15) is 17.6 Å². The van der Waals surface area contributed by atoms with Gasteiger partial charge in [0, 0.05) is 18.7 Å². The fourth-order valence-electron chi connectivity index (χ4n) is 1.55. The highest BCUT2D eigenvalue weighted by Crippen LogP contribution is 2.18. The van der Waals surface area contributed by atoms with Crippen LogP contribution in [0.1, 0.15) is 26.6 Å². The van der Waals surface area contributed by atoms with Gasteiger partial charge in [-0.15, -0.1) is 0 Å². The van der Waals surface area contributed by atoms with Crippen molar-refractivity contribution in [3.05, 3.63) is 17.0 Å². The predicted molar refractivity (Wildman–Crippen MR) is 74.0 cm³/mol. The summed E-state index contributed by atoms with van der Waals surface area (Å²) in [6, 6.07) is 1.68. The van der Waals surface area contributed by atoms with Crippen LogP contribution in [0.3, 0.4) is 0 Å². The number of anilines is 1. The molecule has 1 heterocycles. The molecule has 2 N–H and O–H groups in total. The lowest BCUT2D eigenvalue weighted by molar-refractivity contribution is -0.116. The Morgan fingerprint density at radius 2 is 2.21 bits per heavy atom. The van der Waals surface area contributed by atoms with Gasteiger partial charge in [-0.25, -0.2) is 9.97 Å². The van der Waals surface area contributed by atoms with Gasteiger partial charge in [0.2, 0.25) is 5.91 Å². The predicted octanol–water partition coefficient (Wildman–Crippen LogP) is 1.37. The van der Waals surface area contributed by atoms with E-state index in [0.29, 0.717) is 23.4 Å². The van der Waals surface area contributed by atoms with Crippen molar-refractivity contribution in [3.63, 3.8) is 0 Å². The summed E-state index contributed by atoms with van der Waals surface area (Å²) in [5.41, 5.74) is 5.24. The Bertz CT molecular complexity index is 440. The van der Waals surface area contributed by atoms with Crippen LogP contribution >= 0.6 is 11.6 Å². The number of rotatable bonds is 7. The molecule has 0 spiro atoms. The highest BCUT2D eigenvalue weighted by atomic mass is 35.5. The van der Waals surface area contributed by atoms with Crippen molar-refractivity contribution in [2.24, 2.45) is 5.73 Å². The van der Waals surface area contributed by atoms with E-state index in [9.17, 15) is 4.79 Å². The monoisotopic (exact) mass is 286 g/mol. The molecule has 0 aliphatic heterocycles. The van der Waals surface area contributed by atoms with E-state index in [4.69, 9.17) is 22.1 Å². The Labute approximate surface area is 117 Å². The maximum absolute atomic E-state index is 11.1. The molecule has 1 amide bonds. The molecule has 0 radical (unpaired) electrons. The summed E-state index contributed by atoms with van der Waals surface area (Å²) in [6.45, 7) is 6.72. The van der Waals surface area contributed by atoms with Gasteiger partial charge in [0.25, 0.3) is 0 Å². The molecule has 0 unspecified atom stereocenters. The number of amides is 1. The van der Waals surface area contributed by atoms with Crippen LogP contribution in [0, 0.1) is 0 Å². The number of nitrogens with zero attached hydrogens (tertiary/aromatic N) is 3. The van der Waals surface area contributed by atoms with Crippen LogP contribution in [0.2, 0.25) is 5.15 Å². The van der Waals surface area contributed by atoms with Gasteiger partial charge in [-0.1, -0.05) is 11.6 Å². The van der Waals surface area contributed by atoms with Gasteiger partial charge in [0.05, 0.1) is 6.54 Å². The molecular formula is C12H19ClN4O2. The molecule has 0 saturated heterocycles. The minimum Gasteiger partial charge on any atom is -0.374 e. The molecular weight excluding hydrogens is 268 g/mol. The van der Waals surface area contributed by atoms with Crippen molar-refractivity contribution in [2.45, 2.75) is 33.4 Å². The third-order valence-corrected chi connectivity index (χ3v) is 2.60. The Morgan fingerprint density at radius 1 is 1.53 bits per heavy atom. The van der Waals surface area contributed by atoms with Crippen molar-refractivity contribution < 1.29 is 9.53 Å². The van der Waals surface area contributed by atoms with E-state index in [-0.39, 0.29) is 19.2 Å². The average Bonchev–Trinajstić information content (AvgIpc) is 2.32. The van der Waals surface area contributed by atoms with E-state index >= 15 is 0 Å². The van der Waals surface area contributed by atoms with Crippen LogP contribution in [0.4, 0.5) is 5.82 Å². The zero-order chi connectivity index (χ0) is 14.4. The molecule has 1 aromatic heterocycles. The van der Waals surface area contributed by atoms with Gasteiger partial charge in [0.15, 0.2) is 5.82 Å². The van der Waals surface area contributed by atoms with Crippen molar-refractivity contribution in [2.75, 3.05) is 18.1 Å². The lowest BCUT2D eigenvalue weighted by atomic mass is 10.3. The molecule has 106 valence electrons. The smallest absolute Gasteiger partial charge is 0.237 e. The van der Waals surface area contributed by atoms with Crippen molar-refractivity contribution in [1.82, 2.24) is 9.97 Å². The summed E-state index contributed by atoms with van der Waals surface area (Å²) in [4.78, 5) is 21.3. The van der Waals surface area contributed by atoms with Crippen LogP contribution in [0.25, 0.3) is 0 Å². The van der Waals surface area contributed by atoms with E-state index in [2.05, 4.69) is 9.97 Å². The molecule has 0 saturated carbocycles. The molecule has 0 atom stereocenters. The zero-order valence-electron chi connectivity index (χ0n) is 11.4. The first-order valence-corrected chi connectivity index (χ1v) is 6.48. The summed E-state index contributed by atoms with van der Waals surface area (Å²) in [5, 5.41) is 0.315. The van der Waals surface area contributed by atoms with Gasteiger partial charge in [-0.3, -0.25) is 4.79 Å². The number of hydrogen-bond acceptors (Lipinski definition) is 5. The number of carbonyl (C=O) groups is 1. The average molecular weight is 287 g/mol. The first-order chi connectivity index (χ1) is 8.93. The maximum atomic E-state index is 11.1. The standard InChI is InChI=1S/C12H19ClN4O2/c1-4-19-7-11-15-9(13)5-12(16-11)17(8(2)3)6-10(14)18/h5,8H,4,6-7H2,1-3H3,(H2,14,18). The van der Waals surface area contributed by atoms with E-state index in [1.54, 1.807) is 11.0 Å². The summed E-state index contributed by atoms with van der Waals surface area (Å²) in [5.74, 6) is 0.637. The lowest BCUT2D eigenvalue weighted by Crippen LogP contribution is -2.39. The molecule has 6 nitrogen and oxygen atoms in total. The SMILES string of the molecule is CCOCc1nc(Cl)cc(N(CC(N)=O)C(C)C)n1. The summed E-state index contributed by atoms with van der Waals surface area (Å²) >= 11 is 5.96. The Hall–Kier alpha value is -1.40. The van der Waals surface area contributed by atoms with Crippen LogP contribution in [0.15, 0.2) is 6.07 Å². The molecule has 7 heteroatoms. The fourth-order valence-corrected chi connectivity index (χ4v) is 1.75. The van der Waals surface area contributed by atoms with E-state index < -0.39 is 5.91 Å². The number of ether oxygens (including phenoxy) is 1. The fraction of sp³-hybridized carbons (Fsp3) is 0.583. The van der Waals surface area contributed by atoms with Crippen LogP contribution in [0.5, 0.6) is 0 Å². The molecule has 0 aliphatic carbocycles. The summed E-state index contributed by atoms with van der Waals surface area (Å²) in [6.07, 6.45) is 0. The zero-order valence-corrected chi connectivity index (χ0v) is 12.1. The van der Waals surface area contributed by atoms with Gasteiger partial charge in [-0.05, 0) is 20.8 Å². The van der Waals surface area contributed by atoms with Crippen LogP contribution in [-0.2, 0) is 16.1 Å². The van der Waals surface area contributed by atoms with Crippen LogP contribution < -0.4 is 10.6 Å². The Morgan fingerprint density at radius 3 is 2.74 bits per heavy atom. The second kappa shape index (κ2) is 7.25. The largest absolute Gasteiger partial charge is 0.374 e. The molecule has 1 rings (SSSR count). The molecule has 0 fully saturated rings. The molecule has 19 heavy (non-hydrogen) atoms. The number of nitrogens with two attached hydrogens (primary N) is 1. The number of carbonyl (C=O) groups excluding carboxylic acids is 1. The van der Waals surface area contributed by atoms with Gasteiger partial charge >= 0.3 is 0 Å². The number of halogens is 1. The molecule has 0 aliphatic rings. The highest BCUT2D eigenvalue weighted by Gasteiger charge is 2.16. The third-order valence-electron chi connectivity index (χ3n) is 2.41. The lowest BCUT2D eigenvalue weighted by Gasteiger charge is -2.26. The van der Waals surface area contributed by atoms with Crippen LogP contribution in [-0.4, -0.2) is 35.1 Å². The molecule has 1 aromatic rings. The second-order valence-corrected chi connectivity index (χ2v) is 4.68. The molecule has 0 bridgehead atoms. The normalized spacial score (nSPS) is 10.8. The number of primary amides is 1. The second-order valence-electron chi connectivity index (χ2n) is 4.29. The molecule has 0 aromatic carbocycles. The topological polar surface area (TPSA) is 81.3 Å². The highest BCUT2D eigenvalue weighted by molar-refractivity contribution is 6.29. The number of hydrogen-bond donors (Lipinski definition) is 1. The van der Waals surface area contributed by atoms with Crippen molar-refractivity contribution in [3.8, 4) is 0 Å². The maximum Gasteiger partial charge on any atom is 0.237 e. The quantitative estimate of drug-likeness (QED) is 0.766. The minimum atomic E-state index is -0.421. The summed E-state index contributed by atoms with van der Waals surface area (Å²) in [7, 11) is 0. The van der Waals surface area contributed by atoms with Crippen molar-refractivity contribution >= 4 is 23.3 Å².